The predicted molar refractivity (Wildman–Crippen MR) is 104 cm³/mol. The largest absolute Gasteiger partial charge is 0.467 e. The fourth-order valence-corrected chi connectivity index (χ4v) is 3.63. The third-order valence-corrected chi connectivity index (χ3v) is 5.36. The molecule has 2 aliphatic heterocycles. The monoisotopic (exact) mass is 449 g/mol. The minimum atomic E-state index is -2.21. The molecule has 0 aromatic heterocycles. The first-order valence-corrected chi connectivity index (χ1v) is 9.65. The number of methoxy groups -OCH3 is 2. The number of aliphatic imine (C=N–C) groups is 1. The second-order valence-corrected chi connectivity index (χ2v) is 7.37. The first kappa shape index (κ1) is 25.2. The topological polar surface area (TPSA) is 234 Å². The average molecular weight is 449 g/mol. The van der Waals surface area contributed by atoms with Crippen molar-refractivity contribution in [2.24, 2.45) is 22.2 Å². The van der Waals surface area contributed by atoms with Crippen molar-refractivity contribution in [2.75, 3.05) is 27.4 Å². The Bertz CT molecular complexity index is 676. The predicted octanol–water partition coefficient (Wildman–Crippen LogP) is -4.75. The Kier molecular flexibility index (Phi) is 8.53. The summed E-state index contributed by atoms with van der Waals surface area (Å²) in [6.45, 7) is -0.0277. The van der Waals surface area contributed by atoms with Gasteiger partial charge in [0.05, 0.1) is 19.8 Å². The number of guanidine groups is 1. The van der Waals surface area contributed by atoms with Crippen LogP contribution in [-0.2, 0) is 28.5 Å². The molecule has 0 spiro atoms. The van der Waals surface area contributed by atoms with Crippen LogP contribution in [0.15, 0.2) is 4.99 Å². The molecular weight excluding hydrogens is 418 g/mol. The molecule has 2 saturated heterocycles. The SMILES string of the molecule is COC(=O)[C@@H](NC(=O)[C@@H](N)CCCN=C(N)N)[C@H]1O[C@H](OC)[C@@H]2OC[C@H](O)[C@]2(O)[C@@H]1O. The molecule has 0 aromatic carbocycles. The minimum Gasteiger partial charge on any atom is -0.467 e. The van der Waals surface area contributed by atoms with Crippen LogP contribution in [0.5, 0.6) is 0 Å². The zero-order chi connectivity index (χ0) is 23.3. The summed E-state index contributed by atoms with van der Waals surface area (Å²) < 4.78 is 20.7. The van der Waals surface area contributed by atoms with Crippen molar-refractivity contribution in [3.05, 3.63) is 0 Å². The molecule has 0 radical (unpaired) electrons. The van der Waals surface area contributed by atoms with Crippen LogP contribution in [0, 0.1) is 0 Å². The zero-order valence-corrected chi connectivity index (χ0v) is 17.3. The Labute approximate surface area is 178 Å². The van der Waals surface area contributed by atoms with Gasteiger partial charge in [-0.25, -0.2) is 4.79 Å². The average Bonchev–Trinajstić information content (AvgIpc) is 3.05. The highest BCUT2D eigenvalue weighted by atomic mass is 16.7. The number of ether oxygens (including phenoxy) is 4. The van der Waals surface area contributed by atoms with Gasteiger partial charge in [-0.05, 0) is 12.8 Å². The van der Waals surface area contributed by atoms with Crippen molar-refractivity contribution >= 4 is 17.8 Å². The fourth-order valence-electron chi connectivity index (χ4n) is 3.63. The number of aliphatic hydroxyl groups is 3. The fraction of sp³-hybridized carbons (Fsp3) is 0.824. The molecule has 2 aliphatic rings. The van der Waals surface area contributed by atoms with Crippen LogP contribution >= 0.6 is 0 Å². The van der Waals surface area contributed by atoms with Crippen molar-refractivity contribution < 1.29 is 43.9 Å². The second kappa shape index (κ2) is 10.5. The molecule has 0 bridgehead atoms. The first-order valence-electron chi connectivity index (χ1n) is 9.65. The number of esters is 1. The lowest BCUT2D eigenvalue weighted by molar-refractivity contribution is -0.320. The summed E-state index contributed by atoms with van der Waals surface area (Å²) in [6.07, 6.45) is -6.71. The van der Waals surface area contributed by atoms with E-state index < -0.39 is 60.3 Å². The van der Waals surface area contributed by atoms with E-state index in [4.69, 9.17) is 36.1 Å². The number of rotatable bonds is 9. The van der Waals surface area contributed by atoms with E-state index in [0.29, 0.717) is 6.42 Å². The second-order valence-electron chi connectivity index (χ2n) is 7.37. The summed E-state index contributed by atoms with van der Waals surface area (Å²) in [5.41, 5.74) is 14.1. The number of carbonyl (C=O) groups is 2. The van der Waals surface area contributed by atoms with Crippen LogP contribution in [0.2, 0.25) is 0 Å². The summed E-state index contributed by atoms with van der Waals surface area (Å²) in [5.74, 6) is -1.79. The third kappa shape index (κ3) is 5.23. The maximum absolute atomic E-state index is 12.5. The van der Waals surface area contributed by atoms with Crippen molar-refractivity contribution in [3.8, 4) is 0 Å². The standard InChI is InChI=1S/C17H31N5O9/c1-28-14(26)9(22-13(25)7(18)4-3-5-21-16(19)20)10-11(24)17(27)8(23)6-30-12(17)15(29-2)31-10/h7-12,15,23-24,27H,3-6,18H2,1-2H3,(H,22,25)(H4,19,20,21)/t7-,8-,9-,10+,11+,12-,15-,17-/m0/s1. The molecule has 0 aliphatic carbocycles. The van der Waals surface area contributed by atoms with Gasteiger partial charge in [0, 0.05) is 13.7 Å². The van der Waals surface area contributed by atoms with E-state index in [-0.39, 0.29) is 25.5 Å². The number of hydrogen-bond acceptors (Lipinski definition) is 11. The summed E-state index contributed by atoms with van der Waals surface area (Å²) in [5, 5.41) is 34.3. The third-order valence-electron chi connectivity index (χ3n) is 5.36. The number of fused-ring (bicyclic) bond motifs is 1. The lowest BCUT2D eigenvalue weighted by atomic mass is 9.79. The number of carbonyl (C=O) groups excluding carboxylic acids is 2. The summed E-state index contributed by atoms with van der Waals surface area (Å²) >= 11 is 0. The Morgan fingerprint density at radius 3 is 2.58 bits per heavy atom. The van der Waals surface area contributed by atoms with E-state index in [1.54, 1.807) is 0 Å². The van der Waals surface area contributed by atoms with Crippen molar-refractivity contribution in [3.63, 3.8) is 0 Å². The number of hydrogen-bond donors (Lipinski definition) is 7. The number of nitrogens with one attached hydrogen (secondary N) is 1. The van der Waals surface area contributed by atoms with Crippen molar-refractivity contribution in [2.45, 2.75) is 61.2 Å². The maximum Gasteiger partial charge on any atom is 0.331 e. The summed E-state index contributed by atoms with van der Waals surface area (Å²) in [4.78, 5) is 28.7. The summed E-state index contributed by atoms with van der Waals surface area (Å²) in [7, 11) is 2.33. The highest BCUT2D eigenvalue weighted by molar-refractivity contribution is 5.87. The van der Waals surface area contributed by atoms with E-state index in [0.717, 1.165) is 7.11 Å². The van der Waals surface area contributed by atoms with E-state index in [9.17, 15) is 24.9 Å². The van der Waals surface area contributed by atoms with Gasteiger partial charge in [0.15, 0.2) is 23.9 Å². The summed E-state index contributed by atoms with van der Waals surface area (Å²) in [6, 6.07) is -2.59. The van der Waals surface area contributed by atoms with Gasteiger partial charge in [0.1, 0.15) is 24.4 Å². The van der Waals surface area contributed by atoms with Gasteiger partial charge < -0.3 is 56.8 Å². The maximum atomic E-state index is 12.5. The van der Waals surface area contributed by atoms with E-state index >= 15 is 0 Å². The highest BCUT2D eigenvalue weighted by Gasteiger charge is 2.65. The Morgan fingerprint density at radius 2 is 2.00 bits per heavy atom. The molecule has 31 heavy (non-hydrogen) atoms. The number of aliphatic hydroxyl groups excluding tert-OH is 2. The number of nitrogens with two attached hydrogens (primary N) is 3. The van der Waals surface area contributed by atoms with Crippen LogP contribution in [-0.4, -0.2) is 109 Å². The van der Waals surface area contributed by atoms with Crippen LogP contribution in [0.3, 0.4) is 0 Å². The number of amides is 1. The molecule has 0 aromatic rings. The lowest BCUT2D eigenvalue weighted by Gasteiger charge is -2.48. The quantitative estimate of drug-likeness (QED) is 0.0760. The highest BCUT2D eigenvalue weighted by Crippen LogP contribution is 2.40. The molecule has 178 valence electrons. The molecule has 0 saturated carbocycles. The van der Waals surface area contributed by atoms with Crippen LogP contribution in [0.4, 0.5) is 0 Å². The Hall–Kier alpha value is -2.07. The van der Waals surface area contributed by atoms with Crippen LogP contribution < -0.4 is 22.5 Å². The van der Waals surface area contributed by atoms with E-state index in [1.165, 1.54) is 7.11 Å². The van der Waals surface area contributed by atoms with Crippen molar-refractivity contribution in [1.82, 2.24) is 5.32 Å². The smallest absolute Gasteiger partial charge is 0.331 e. The van der Waals surface area contributed by atoms with Gasteiger partial charge in [0.2, 0.25) is 5.91 Å². The Morgan fingerprint density at radius 1 is 1.32 bits per heavy atom. The van der Waals surface area contributed by atoms with Gasteiger partial charge in [-0.2, -0.15) is 0 Å². The van der Waals surface area contributed by atoms with E-state index in [2.05, 4.69) is 10.3 Å². The van der Waals surface area contributed by atoms with Gasteiger partial charge in [-0.15, -0.1) is 0 Å². The molecule has 14 heteroatoms. The minimum absolute atomic E-state index is 0.0887. The van der Waals surface area contributed by atoms with Gasteiger partial charge in [-0.1, -0.05) is 0 Å². The Balaban J connectivity index is 2.16. The van der Waals surface area contributed by atoms with E-state index in [1.807, 2.05) is 0 Å². The first-order chi connectivity index (χ1) is 14.6. The molecule has 1 amide bonds. The van der Waals surface area contributed by atoms with Crippen molar-refractivity contribution in [1.29, 1.82) is 0 Å². The molecule has 2 heterocycles. The van der Waals surface area contributed by atoms with Gasteiger partial charge in [0.25, 0.3) is 0 Å². The molecule has 0 unspecified atom stereocenters. The molecule has 2 fully saturated rings. The molecule has 10 N–H and O–H groups in total. The zero-order valence-electron chi connectivity index (χ0n) is 17.3. The van der Waals surface area contributed by atoms with Crippen LogP contribution in [0.25, 0.3) is 0 Å². The lowest BCUT2D eigenvalue weighted by Crippen LogP contribution is -2.73. The molecule has 14 nitrogen and oxygen atoms in total. The normalized spacial score (nSPS) is 34.3. The molecule has 2 rings (SSSR count). The van der Waals surface area contributed by atoms with Gasteiger partial charge in [-0.3, -0.25) is 9.79 Å². The molecular formula is C17H31N5O9. The number of nitrogens with zero attached hydrogens (tertiary/aromatic N) is 1. The van der Waals surface area contributed by atoms with Crippen LogP contribution in [0.1, 0.15) is 12.8 Å². The van der Waals surface area contributed by atoms with Gasteiger partial charge >= 0.3 is 5.97 Å². The molecule has 8 atom stereocenters.